The van der Waals surface area contributed by atoms with E-state index in [1.807, 2.05) is 0 Å². The third-order valence-electron chi connectivity index (χ3n) is 2.77. The minimum absolute atomic E-state index is 0.129. The molecule has 1 aromatic heterocycles. The van der Waals surface area contributed by atoms with Gasteiger partial charge in [0.2, 0.25) is 11.9 Å². The van der Waals surface area contributed by atoms with Crippen LogP contribution in [0, 0.1) is 6.92 Å². The molecule has 0 radical (unpaired) electrons. The van der Waals surface area contributed by atoms with Gasteiger partial charge >= 0.3 is 11.9 Å². The van der Waals surface area contributed by atoms with Gasteiger partial charge in [-0.15, -0.1) is 0 Å². The molecule has 2 aromatic rings. The Morgan fingerprint density at radius 2 is 2.05 bits per heavy atom. The van der Waals surface area contributed by atoms with Crippen LogP contribution in [0.1, 0.15) is 28.0 Å². The van der Waals surface area contributed by atoms with Crippen molar-refractivity contribution in [2.45, 2.75) is 13.0 Å². The lowest BCUT2D eigenvalue weighted by atomic mass is 10.1. The lowest BCUT2D eigenvalue weighted by Crippen LogP contribution is -2.22. The highest BCUT2D eigenvalue weighted by Crippen LogP contribution is 2.23. The van der Waals surface area contributed by atoms with Gasteiger partial charge in [0.05, 0.1) is 7.11 Å². The van der Waals surface area contributed by atoms with E-state index in [9.17, 15) is 9.59 Å². The third-order valence-corrected chi connectivity index (χ3v) is 3.00. The number of carbonyl (C=O) groups is 2. The topological polar surface area (TPSA) is 78.4 Å². The zero-order chi connectivity index (χ0) is 16.1. The van der Waals surface area contributed by atoms with Crippen molar-refractivity contribution in [2.75, 3.05) is 7.11 Å². The molecule has 7 heteroatoms. The zero-order valence-electron chi connectivity index (χ0n) is 11.9. The minimum atomic E-state index is -1.24. The maximum atomic E-state index is 12.1. The number of esters is 2. The lowest BCUT2D eigenvalue weighted by molar-refractivity contribution is -0.151. The summed E-state index contributed by atoms with van der Waals surface area (Å²) in [6.07, 6.45) is 0.200. The monoisotopic (exact) mass is 320 g/mol. The van der Waals surface area contributed by atoms with Gasteiger partial charge in [0.15, 0.2) is 0 Å². The summed E-state index contributed by atoms with van der Waals surface area (Å²) in [5, 5.41) is 0.411. The van der Waals surface area contributed by atoms with Gasteiger partial charge in [-0.1, -0.05) is 23.7 Å². The Morgan fingerprint density at radius 3 is 2.68 bits per heavy atom. The van der Waals surface area contributed by atoms with Crippen molar-refractivity contribution in [1.29, 1.82) is 0 Å². The fourth-order valence-corrected chi connectivity index (χ4v) is 1.93. The first-order valence-electron chi connectivity index (χ1n) is 6.35. The maximum Gasteiger partial charge on any atom is 0.377 e. The van der Waals surface area contributed by atoms with Gasteiger partial charge < -0.3 is 9.47 Å². The number of benzene rings is 1. The van der Waals surface area contributed by atoms with E-state index >= 15 is 0 Å². The van der Waals surface area contributed by atoms with E-state index in [0.717, 1.165) is 0 Å². The Labute approximate surface area is 132 Å². The van der Waals surface area contributed by atoms with E-state index in [4.69, 9.17) is 16.3 Å². The summed E-state index contributed by atoms with van der Waals surface area (Å²) in [5.41, 5.74) is 1.01. The van der Waals surface area contributed by atoms with Crippen molar-refractivity contribution in [3.05, 3.63) is 58.6 Å². The Hall–Kier alpha value is -2.47. The third kappa shape index (κ3) is 3.79. The number of hydrogen-bond acceptors (Lipinski definition) is 6. The minimum Gasteiger partial charge on any atom is -0.466 e. The fourth-order valence-electron chi connectivity index (χ4n) is 1.74. The van der Waals surface area contributed by atoms with E-state index in [2.05, 4.69) is 14.7 Å². The molecule has 6 nitrogen and oxygen atoms in total. The van der Waals surface area contributed by atoms with E-state index in [1.165, 1.54) is 19.4 Å². The van der Waals surface area contributed by atoms with Crippen LogP contribution in [-0.4, -0.2) is 29.0 Å². The zero-order valence-corrected chi connectivity index (χ0v) is 12.7. The number of ether oxygens (including phenoxy) is 2. The average molecular weight is 321 g/mol. The van der Waals surface area contributed by atoms with Crippen LogP contribution < -0.4 is 0 Å². The second-order valence-electron chi connectivity index (χ2n) is 4.39. The van der Waals surface area contributed by atoms with Gasteiger partial charge in [-0.3, -0.25) is 0 Å². The first kappa shape index (κ1) is 15.9. The first-order chi connectivity index (χ1) is 10.5. The molecular formula is C15H13ClN2O4. The van der Waals surface area contributed by atoms with Crippen molar-refractivity contribution >= 4 is 23.5 Å². The number of halogens is 1. The molecule has 0 saturated carbocycles. The number of methoxy groups -OCH3 is 1. The second-order valence-corrected chi connectivity index (χ2v) is 4.82. The van der Waals surface area contributed by atoms with Crippen LogP contribution in [0.15, 0.2) is 36.5 Å². The van der Waals surface area contributed by atoms with E-state index in [-0.39, 0.29) is 5.82 Å². The first-order valence-corrected chi connectivity index (χ1v) is 6.73. The molecule has 22 heavy (non-hydrogen) atoms. The van der Waals surface area contributed by atoms with Crippen molar-refractivity contribution < 1.29 is 19.1 Å². The SMILES string of the molecule is COC(=O)C(OC(=O)c1nccc(C)n1)c1cccc(Cl)c1. The largest absolute Gasteiger partial charge is 0.466 e. The van der Waals surface area contributed by atoms with Crippen LogP contribution in [0.3, 0.4) is 0 Å². The number of nitrogens with zero attached hydrogens (tertiary/aromatic N) is 2. The van der Waals surface area contributed by atoms with Crippen LogP contribution in [0.25, 0.3) is 0 Å². The molecule has 114 valence electrons. The molecule has 0 N–H and O–H groups in total. The predicted octanol–water partition coefficient (Wildman–Crippen LogP) is 2.51. The Balaban J connectivity index is 2.27. The highest BCUT2D eigenvalue weighted by atomic mass is 35.5. The summed E-state index contributed by atoms with van der Waals surface area (Å²) < 4.78 is 9.86. The van der Waals surface area contributed by atoms with E-state index in [0.29, 0.717) is 16.3 Å². The van der Waals surface area contributed by atoms with Crippen LogP contribution in [-0.2, 0) is 14.3 Å². The van der Waals surface area contributed by atoms with Crippen molar-refractivity contribution in [3.63, 3.8) is 0 Å². The smallest absolute Gasteiger partial charge is 0.377 e. The molecule has 0 fully saturated rings. The molecule has 1 unspecified atom stereocenters. The van der Waals surface area contributed by atoms with E-state index < -0.39 is 18.0 Å². The van der Waals surface area contributed by atoms with Gasteiger partial charge in [0.1, 0.15) is 0 Å². The molecular weight excluding hydrogens is 308 g/mol. The van der Waals surface area contributed by atoms with Crippen LogP contribution in [0.2, 0.25) is 5.02 Å². The van der Waals surface area contributed by atoms with Crippen LogP contribution in [0.5, 0.6) is 0 Å². The normalized spacial score (nSPS) is 11.6. The highest BCUT2D eigenvalue weighted by molar-refractivity contribution is 6.30. The van der Waals surface area contributed by atoms with Crippen molar-refractivity contribution in [1.82, 2.24) is 9.97 Å². The molecule has 1 heterocycles. The fraction of sp³-hybridized carbons (Fsp3) is 0.200. The Bertz CT molecular complexity index is 705. The van der Waals surface area contributed by atoms with Crippen molar-refractivity contribution in [3.8, 4) is 0 Å². The molecule has 0 amide bonds. The highest BCUT2D eigenvalue weighted by Gasteiger charge is 2.27. The standard InChI is InChI=1S/C15H13ClN2O4/c1-9-6-7-17-13(18-9)15(20)22-12(14(19)21-2)10-4-3-5-11(16)8-10/h3-8,12H,1-2H3. The molecule has 0 aliphatic carbocycles. The Kier molecular flexibility index (Phi) is 5.06. The van der Waals surface area contributed by atoms with Crippen LogP contribution >= 0.6 is 11.6 Å². The number of rotatable bonds is 4. The van der Waals surface area contributed by atoms with Gasteiger partial charge in [-0.2, -0.15) is 0 Å². The summed E-state index contributed by atoms with van der Waals surface area (Å²) in [6, 6.07) is 8.06. The summed E-state index contributed by atoms with van der Waals surface area (Å²) in [6.45, 7) is 1.72. The van der Waals surface area contributed by atoms with E-state index in [1.54, 1.807) is 31.2 Å². The summed E-state index contributed by atoms with van der Waals surface area (Å²) in [7, 11) is 1.21. The average Bonchev–Trinajstić information content (AvgIpc) is 2.51. The quantitative estimate of drug-likeness (QED) is 0.805. The molecule has 1 aromatic carbocycles. The molecule has 2 rings (SSSR count). The van der Waals surface area contributed by atoms with Crippen molar-refractivity contribution in [2.24, 2.45) is 0 Å². The Morgan fingerprint density at radius 1 is 1.27 bits per heavy atom. The van der Waals surface area contributed by atoms with Gasteiger partial charge in [-0.25, -0.2) is 19.6 Å². The number of carbonyl (C=O) groups excluding carboxylic acids is 2. The molecule has 0 bridgehead atoms. The second kappa shape index (κ2) is 7.00. The summed E-state index contributed by atoms with van der Waals surface area (Å²) in [4.78, 5) is 31.8. The number of aromatic nitrogens is 2. The molecule has 1 atom stereocenters. The molecule has 0 saturated heterocycles. The predicted molar refractivity (Wildman–Crippen MR) is 78.4 cm³/mol. The number of hydrogen-bond donors (Lipinski definition) is 0. The lowest BCUT2D eigenvalue weighted by Gasteiger charge is -2.15. The number of aryl methyl sites for hydroxylation is 1. The van der Waals surface area contributed by atoms with Crippen LogP contribution in [0.4, 0.5) is 0 Å². The summed E-state index contributed by atoms with van der Waals surface area (Å²) >= 11 is 5.89. The molecule has 0 aliphatic rings. The molecule has 0 aliphatic heterocycles. The van der Waals surface area contributed by atoms with Gasteiger partial charge in [0.25, 0.3) is 0 Å². The summed E-state index contributed by atoms with van der Waals surface area (Å²) in [5.74, 6) is -1.67. The maximum absolute atomic E-state index is 12.1. The van der Waals surface area contributed by atoms with Gasteiger partial charge in [-0.05, 0) is 25.1 Å². The van der Waals surface area contributed by atoms with Gasteiger partial charge in [0, 0.05) is 22.5 Å². The molecule has 0 spiro atoms.